The zero-order valence-corrected chi connectivity index (χ0v) is 8.04. The van der Waals surface area contributed by atoms with E-state index >= 15 is 0 Å². The summed E-state index contributed by atoms with van der Waals surface area (Å²) in [5.41, 5.74) is 12.4. The summed E-state index contributed by atoms with van der Waals surface area (Å²) >= 11 is 0. The Morgan fingerprint density at radius 2 is 2.14 bits per heavy atom. The topological polar surface area (TPSA) is 52.0 Å². The van der Waals surface area contributed by atoms with E-state index in [0.29, 0.717) is 17.2 Å². The van der Waals surface area contributed by atoms with Gasteiger partial charge in [-0.05, 0) is 24.5 Å². The number of nitrogens with two attached hydrogens (primary N) is 2. The van der Waals surface area contributed by atoms with E-state index in [0.717, 1.165) is 6.42 Å². The number of benzene rings is 1. The van der Waals surface area contributed by atoms with Gasteiger partial charge in [0.25, 0.3) is 0 Å². The highest BCUT2D eigenvalue weighted by molar-refractivity contribution is 5.41. The molecule has 4 N–H and O–H groups in total. The number of anilines is 1. The molecular weight excluding hydrogens is 179 g/mol. The predicted octanol–water partition coefficient (Wildman–Crippen LogP) is 2.21. The van der Waals surface area contributed by atoms with Crippen molar-refractivity contribution in [2.45, 2.75) is 25.3 Å². The number of nitrogen functional groups attached to an aromatic ring is 1. The summed E-state index contributed by atoms with van der Waals surface area (Å²) in [6.45, 7) is 0. The van der Waals surface area contributed by atoms with Gasteiger partial charge >= 0.3 is 0 Å². The van der Waals surface area contributed by atoms with Crippen LogP contribution < -0.4 is 11.5 Å². The Hall–Kier alpha value is -1.09. The number of rotatable bonds is 3. The van der Waals surface area contributed by atoms with Gasteiger partial charge in [-0.1, -0.05) is 18.9 Å². The quantitative estimate of drug-likeness (QED) is 0.725. The van der Waals surface area contributed by atoms with Crippen LogP contribution in [0.3, 0.4) is 0 Å². The monoisotopic (exact) mass is 194 g/mol. The van der Waals surface area contributed by atoms with E-state index in [2.05, 4.69) is 0 Å². The summed E-state index contributed by atoms with van der Waals surface area (Å²) in [5.74, 6) is 0.431. The molecule has 76 valence electrons. The Labute approximate surface area is 83.1 Å². The van der Waals surface area contributed by atoms with Crippen LogP contribution >= 0.6 is 0 Å². The zero-order valence-electron chi connectivity index (χ0n) is 8.04. The number of hydrogen-bond acceptors (Lipinski definition) is 2. The summed E-state index contributed by atoms with van der Waals surface area (Å²) in [4.78, 5) is 0. The van der Waals surface area contributed by atoms with Crippen molar-refractivity contribution in [1.82, 2.24) is 0 Å². The zero-order chi connectivity index (χ0) is 10.1. The third-order valence-corrected chi connectivity index (χ3v) is 2.71. The molecule has 0 amide bonds. The van der Waals surface area contributed by atoms with Crippen LogP contribution in [-0.4, -0.2) is 0 Å². The highest BCUT2D eigenvalue weighted by atomic mass is 19.1. The molecule has 1 aromatic carbocycles. The van der Waals surface area contributed by atoms with Crippen LogP contribution in [0, 0.1) is 11.7 Å². The molecule has 3 heteroatoms. The van der Waals surface area contributed by atoms with Gasteiger partial charge in [-0.25, -0.2) is 4.39 Å². The van der Waals surface area contributed by atoms with E-state index in [9.17, 15) is 4.39 Å². The first kappa shape index (κ1) is 9.46. The van der Waals surface area contributed by atoms with E-state index in [-0.39, 0.29) is 11.9 Å². The summed E-state index contributed by atoms with van der Waals surface area (Å²) in [6, 6.07) is 4.55. The van der Waals surface area contributed by atoms with Crippen LogP contribution in [0.5, 0.6) is 0 Å². The first-order chi connectivity index (χ1) is 6.66. The van der Waals surface area contributed by atoms with Gasteiger partial charge in [-0.2, -0.15) is 0 Å². The standard InChI is InChI=1S/C11H15FN2/c12-10-6-8(13)3-4-9(10)11(14)5-7-1-2-7/h3-4,6-7,11H,1-2,5,13-14H2/t11-/m0/s1. The second kappa shape index (κ2) is 3.58. The Morgan fingerprint density at radius 3 is 2.71 bits per heavy atom. The summed E-state index contributed by atoms with van der Waals surface area (Å²) < 4.78 is 13.4. The van der Waals surface area contributed by atoms with E-state index < -0.39 is 0 Å². The first-order valence-electron chi connectivity index (χ1n) is 4.97. The van der Waals surface area contributed by atoms with Crippen LogP contribution in [0.25, 0.3) is 0 Å². The molecule has 0 unspecified atom stereocenters. The second-order valence-electron chi connectivity index (χ2n) is 4.07. The lowest BCUT2D eigenvalue weighted by molar-refractivity contribution is 0.543. The van der Waals surface area contributed by atoms with Gasteiger partial charge in [-0.15, -0.1) is 0 Å². The minimum Gasteiger partial charge on any atom is -0.399 e. The molecule has 1 fully saturated rings. The smallest absolute Gasteiger partial charge is 0.130 e. The summed E-state index contributed by atoms with van der Waals surface area (Å²) in [6.07, 6.45) is 3.37. The average Bonchev–Trinajstić information content (AvgIpc) is 2.87. The van der Waals surface area contributed by atoms with E-state index in [1.165, 1.54) is 18.9 Å². The highest BCUT2D eigenvalue weighted by Gasteiger charge is 2.25. The molecule has 1 saturated carbocycles. The van der Waals surface area contributed by atoms with E-state index in [4.69, 9.17) is 11.5 Å². The lowest BCUT2D eigenvalue weighted by Crippen LogP contribution is -2.13. The molecule has 2 rings (SSSR count). The van der Waals surface area contributed by atoms with Crippen molar-refractivity contribution in [3.63, 3.8) is 0 Å². The van der Waals surface area contributed by atoms with Gasteiger partial charge in [0.15, 0.2) is 0 Å². The fourth-order valence-corrected chi connectivity index (χ4v) is 1.68. The first-order valence-corrected chi connectivity index (χ1v) is 4.97. The highest BCUT2D eigenvalue weighted by Crippen LogP contribution is 2.37. The molecule has 0 saturated heterocycles. The second-order valence-corrected chi connectivity index (χ2v) is 4.07. The number of hydrogen-bond donors (Lipinski definition) is 2. The van der Waals surface area contributed by atoms with Gasteiger partial charge in [0, 0.05) is 17.3 Å². The normalized spacial score (nSPS) is 18.1. The Kier molecular flexibility index (Phi) is 2.42. The SMILES string of the molecule is Nc1ccc([C@@H](N)CC2CC2)c(F)c1. The van der Waals surface area contributed by atoms with Crippen molar-refractivity contribution in [3.8, 4) is 0 Å². The maximum Gasteiger partial charge on any atom is 0.130 e. The molecule has 1 aliphatic carbocycles. The molecule has 0 aromatic heterocycles. The molecule has 0 bridgehead atoms. The Bertz CT molecular complexity index is 334. The van der Waals surface area contributed by atoms with E-state index in [1.54, 1.807) is 12.1 Å². The Morgan fingerprint density at radius 1 is 1.43 bits per heavy atom. The largest absolute Gasteiger partial charge is 0.399 e. The summed E-state index contributed by atoms with van der Waals surface area (Å²) in [5, 5.41) is 0. The van der Waals surface area contributed by atoms with E-state index in [1.807, 2.05) is 0 Å². The van der Waals surface area contributed by atoms with Gasteiger partial charge in [-0.3, -0.25) is 0 Å². The maximum absolute atomic E-state index is 13.4. The third-order valence-electron chi connectivity index (χ3n) is 2.71. The lowest BCUT2D eigenvalue weighted by Gasteiger charge is -2.12. The van der Waals surface area contributed by atoms with Crippen molar-refractivity contribution in [2.24, 2.45) is 11.7 Å². The minimum absolute atomic E-state index is 0.178. The predicted molar refractivity (Wildman–Crippen MR) is 55.1 cm³/mol. The van der Waals surface area contributed by atoms with Gasteiger partial charge < -0.3 is 11.5 Å². The third kappa shape index (κ3) is 2.04. The van der Waals surface area contributed by atoms with Gasteiger partial charge in [0.1, 0.15) is 5.82 Å². The average molecular weight is 194 g/mol. The van der Waals surface area contributed by atoms with Crippen molar-refractivity contribution >= 4 is 5.69 Å². The van der Waals surface area contributed by atoms with Gasteiger partial charge in [0.05, 0.1) is 0 Å². The fourth-order valence-electron chi connectivity index (χ4n) is 1.68. The molecule has 1 atom stereocenters. The van der Waals surface area contributed by atoms with Crippen molar-refractivity contribution < 1.29 is 4.39 Å². The van der Waals surface area contributed by atoms with Crippen LogP contribution in [0.1, 0.15) is 30.9 Å². The molecule has 14 heavy (non-hydrogen) atoms. The molecule has 0 heterocycles. The Balaban J connectivity index is 2.13. The van der Waals surface area contributed by atoms with Crippen LogP contribution in [0.15, 0.2) is 18.2 Å². The number of halogens is 1. The molecule has 1 aliphatic rings. The van der Waals surface area contributed by atoms with Crippen LogP contribution in [0.2, 0.25) is 0 Å². The summed E-state index contributed by atoms with van der Waals surface area (Å²) in [7, 11) is 0. The molecular formula is C11H15FN2. The van der Waals surface area contributed by atoms with Gasteiger partial charge in [0.2, 0.25) is 0 Å². The fraction of sp³-hybridized carbons (Fsp3) is 0.455. The molecule has 0 radical (unpaired) electrons. The molecule has 0 spiro atoms. The lowest BCUT2D eigenvalue weighted by atomic mass is 10.0. The van der Waals surface area contributed by atoms with Crippen molar-refractivity contribution in [2.75, 3.05) is 5.73 Å². The minimum atomic E-state index is -0.279. The van der Waals surface area contributed by atoms with Crippen molar-refractivity contribution in [1.29, 1.82) is 0 Å². The van der Waals surface area contributed by atoms with Crippen LogP contribution in [0.4, 0.5) is 10.1 Å². The maximum atomic E-state index is 13.4. The molecule has 0 aliphatic heterocycles. The molecule has 2 nitrogen and oxygen atoms in total. The molecule has 1 aromatic rings. The van der Waals surface area contributed by atoms with Crippen LogP contribution in [-0.2, 0) is 0 Å². The van der Waals surface area contributed by atoms with Crippen molar-refractivity contribution in [3.05, 3.63) is 29.6 Å².